The van der Waals surface area contributed by atoms with Crippen molar-refractivity contribution < 1.29 is 23.8 Å². The molecule has 0 aromatic heterocycles. The number of carbonyl (C=O) groups is 2. The lowest BCUT2D eigenvalue weighted by atomic mass is 10.1. The van der Waals surface area contributed by atoms with E-state index >= 15 is 0 Å². The zero-order valence-electron chi connectivity index (χ0n) is 36.9. The lowest BCUT2D eigenvalue weighted by Gasteiger charge is -2.18. The Bertz CT molecular complexity index is 1020. The maximum atomic E-state index is 12.7. The van der Waals surface area contributed by atoms with E-state index in [0.29, 0.717) is 13.0 Å². The van der Waals surface area contributed by atoms with Crippen molar-refractivity contribution in [3.63, 3.8) is 0 Å². The number of carbonyl (C=O) groups excluding carboxylic acids is 2. The third kappa shape index (κ3) is 44.1. The molecular weight excluding hydrogens is 693 g/mol. The smallest absolute Gasteiger partial charge is 0.309 e. The second kappa shape index (κ2) is 46.7. The van der Waals surface area contributed by atoms with Gasteiger partial charge in [-0.05, 0) is 70.6 Å². The number of unbranched alkanes of at least 4 members (excludes halogenated alkanes) is 20. The van der Waals surface area contributed by atoms with Gasteiger partial charge < -0.3 is 14.2 Å². The minimum Gasteiger partial charge on any atom is -0.461 e. The van der Waals surface area contributed by atoms with Crippen molar-refractivity contribution in [2.24, 2.45) is 0 Å². The number of esters is 2. The Morgan fingerprint density at radius 1 is 0.429 bits per heavy atom. The largest absolute Gasteiger partial charge is 0.461 e. The lowest BCUT2D eigenvalue weighted by molar-refractivity contribution is -0.162. The summed E-state index contributed by atoms with van der Waals surface area (Å²) >= 11 is 0. The van der Waals surface area contributed by atoms with Crippen molar-refractivity contribution in [2.45, 2.75) is 219 Å². The Labute approximate surface area is 347 Å². The van der Waals surface area contributed by atoms with E-state index in [9.17, 15) is 9.59 Å². The first-order valence-corrected chi connectivity index (χ1v) is 23.5. The number of rotatable bonds is 42. The van der Waals surface area contributed by atoms with Gasteiger partial charge in [0.15, 0.2) is 6.10 Å². The molecule has 1 atom stereocenters. The topological polar surface area (TPSA) is 61.8 Å². The first-order valence-electron chi connectivity index (χ1n) is 23.5. The molecule has 0 saturated heterocycles. The molecule has 0 fully saturated rings. The quantitative estimate of drug-likeness (QED) is 0.0351. The van der Waals surface area contributed by atoms with Gasteiger partial charge in [0, 0.05) is 13.0 Å². The van der Waals surface area contributed by atoms with E-state index in [1.165, 1.54) is 109 Å². The van der Waals surface area contributed by atoms with Crippen LogP contribution in [0.1, 0.15) is 213 Å². The van der Waals surface area contributed by atoms with E-state index in [0.717, 1.165) is 70.6 Å². The molecular formula is C51H88O5. The number of ether oxygens (including phenoxy) is 3. The van der Waals surface area contributed by atoms with E-state index < -0.39 is 6.10 Å². The first-order chi connectivity index (χ1) is 27.6. The SMILES string of the molecule is CC/C=C\C/C=C\C/C=C\C/C=C\C/C=C\CC(=O)OCC(COCCCCCCCCCCCCCC)OC(=O)CCCCCCC/C=C\CCCCCC. The summed E-state index contributed by atoms with van der Waals surface area (Å²) in [7, 11) is 0. The van der Waals surface area contributed by atoms with E-state index in [2.05, 4.69) is 81.5 Å². The molecule has 56 heavy (non-hydrogen) atoms. The molecule has 0 saturated carbocycles. The highest BCUT2D eigenvalue weighted by Crippen LogP contribution is 2.13. The average Bonchev–Trinajstić information content (AvgIpc) is 3.20. The van der Waals surface area contributed by atoms with E-state index in [1.54, 1.807) is 0 Å². The highest BCUT2D eigenvalue weighted by Gasteiger charge is 2.17. The van der Waals surface area contributed by atoms with Crippen molar-refractivity contribution in [1.29, 1.82) is 0 Å². The van der Waals surface area contributed by atoms with Gasteiger partial charge in [-0.1, -0.05) is 203 Å². The Hall–Kier alpha value is -2.66. The Morgan fingerprint density at radius 3 is 1.38 bits per heavy atom. The summed E-state index contributed by atoms with van der Waals surface area (Å²) in [6, 6.07) is 0. The minimum absolute atomic E-state index is 0.0276. The molecule has 0 aromatic rings. The predicted molar refractivity (Wildman–Crippen MR) is 242 cm³/mol. The summed E-state index contributed by atoms with van der Waals surface area (Å²) in [6.45, 7) is 7.59. The normalized spacial score (nSPS) is 12.8. The molecule has 0 aliphatic heterocycles. The molecule has 0 rings (SSSR count). The molecule has 0 radical (unpaired) electrons. The fourth-order valence-electron chi connectivity index (χ4n) is 6.28. The van der Waals surface area contributed by atoms with Crippen LogP contribution in [0.5, 0.6) is 0 Å². The third-order valence-corrected chi connectivity index (χ3v) is 9.76. The lowest BCUT2D eigenvalue weighted by Crippen LogP contribution is -2.30. The summed E-state index contributed by atoms with van der Waals surface area (Å²) in [5.41, 5.74) is 0. The molecule has 0 aromatic carbocycles. The highest BCUT2D eigenvalue weighted by atomic mass is 16.6. The maximum Gasteiger partial charge on any atom is 0.309 e. The maximum absolute atomic E-state index is 12.7. The van der Waals surface area contributed by atoms with E-state index in [-0.39, 0.29) is 31.6 Å². The van der Waals surface area contributed by atoms with Gasteiger partial charge in [0.2, 0.25) is 0 Å². The molecule has 0 aliphatic rings. The molecule has 0 aliphatic carbocycles. The summed E-state index contributed by atoms with van der Waals surface area (Å²) in [6.07, 6.45) is 59.2. The van der Waals surface area contributed by atoms with Crippen LogP contribution >= 0.6 is 0 Å². The first kappa shape index (κ1) is 53.3. The van der Waals surface area contributed by atoms with Crippen LogP contribution in [0, 0.1) is 0 Å². The van der Waals surface area contributed by atoms with Crippen molar-refractivity contribution in [3.05, 3.63) is 72.9 Å². The highest BCUT2D eigenvalue weighted by molar-refractivity contribution is 5.71. The minimum atomic E-state index is -0.578. The van der Waals surface area contributed by atoms with Crippen molar-refractivity contribution in [3.8, 4) is 0 Å². The third-order valence-electron chi connectivity index (χ3n) is 9.76. The summed E-state index contributed by atoms with van der Waals surface area (Å²) in [4.78, 5) is 25.2. The summed E-state index contributed by atoms with van der Waals surface area (Å²) < 4.78 is 17.2. The average molecular weight is 781 g/mol. The van der Waals surface area contributed by atoms with Gasteiger partial charge in [-0.3, -0.25) is 9.59 Å². The molecule has 322 valence electrons. The molecule has 0 amide bonds. The summed E-state index contributed by atoms with van der Waals surface area (Å²) in [5.74, 6) is -0.552. The zero-order valence-corrected chi connectivity index (χ0v) is 36.9. The van der Waals surface area contributed by atoms with Gasteiger partial charge in [0.05, 0.1) is 13.0 Å². The number of hydrogen-bond donors (Lipinski definition) is 0. The molecule has 5 nitrogen and oxygen atoms in total. The van der Waals surface area contributed by atoms with Crippen LogP contribution in [-0.4, -0.2) is 37.9 Å². The van der Waals surface area contributed by atoms with Crippen LogP contribution in [0.25, 0.3) is 0 Å². The molecule has 0 N–H and O–H groups in total. The number of hydrogen-bond acceptors (Lipinski definition) is 5. The van der Waals surface area contributed by atoms with Gasteiger partial charge in [0.1, 0.15) is 6.61 Å². The standard InChI is InChI=1S/C51H88O5/c1-4-7-10-13-16-19-22-25-26-28-29-32-35-38-41-44-50(52)55-48-49(47-54-46-43-40-37-34-31-24-21-18-15-12-9-6-3)56-51(53)45-42-39-36-33-30-27-23-20-17-14-11-8-5-2/h7,10,16,19-20,23,25-26,29,32,38,41,49H,4-6,8-9,11-15,17-18,21-22,24,27-28,30-31,33-37,39-40,42-48H2,1-3H3/b10-7-,19-16-,23-20-,26-25-,32-29-,41-38-. The van der Waals surface area contributed by atoms with Crippen molar-refractivity contribution in [1.82, 2.24) is 0 Å². The predicted octanol–water partition coefficient (Wildman–Crippen LogP) is 15.6. The number of allylic oxidation sites excluding steroid dienone is 11. The molecule has 1 unspecified atom stereocenters. The van der Waals surface area contributed by atoms with Crippen molar-refractivity contribution >= 4 is 11.9 Å². The van der Waals surface area contributed by atoms with Gasteiger partial charge >= 0.3 is 11.9 Å². The van der Waals surface area contributed by atoms with E-state index in [4.69, 9.17) is 14.2 Å². The van der Waals surface area contributed by atoms with Gasteiger partial charge in [-0.25, -0.2) is 0 Å². The second-order valence-electron chi connectivity index (χ2n) is 15.3. The molecule has 0 heterocycles. The van der Waals surface area contributed by atoms with Gasteiger partial charge in [0.25, 0.3) is 0 Å². The zero-order chi connectivity index (χ0) is 40.7. The molecule has 0 spiro atoms. The fraction of sp³-hybridized carbons (Fsp3) is 0.725. The van der Waals surface area contributed by atoms with Gasteiger partial charge in [-0.2, -0.15) is 0 Å². The summed E-state index contributed by atoms with van der Waals surface area (Å²) in [5, 5.41) is 0. The monoisotopic (exact) mass is 781 g/mol. The van der Waals surface area contributed by atoms with Crippen LogP contribution in [0.2, 0.25) is 0 Å². The molecule has 0 bridgehead atoms. The molecule has 5 heteroatoms. The van der Waals surface area contributed by atoms with Crippen molar-refractivity contribution in [2.75, 3.05) is 19.8 Å². The Morgan fingerprint density at radius 2 is 0.857 bits per heavy atom. The van der Waals surface area contributed by atoms with Crippen LogP contribution < -0.4 is 0 Å². The van der Waals surface area contributed by atoms with E-state index in [1.807, 2.05) is 12.2 Å². The second-order valence-corrected chi connectivity index (χ2v) is 15.3. The van der Waals surface area contributed by atoms with Crippen LogP contribution in [0.3, 0.4) is 0 Å². The fourth-order valence-corrected chi connectivity index (χ4v) is 6.28. The van der Waals surface area contributed by atoms with Crippen LogP contribution in [0.4, 0.5) is 0 Å². The Kier molecular flexibility index (Phi) is 44.5. The Balaban J connectivity index is 4.40. The van der Waals surface area contributed by atoms with Gasteiger partial charge in [-0.15, -0.1) is 0 Å². The van der Waals surface area contributed by atoms with Crippen LogP contribution in [-0.2, 0) is 23.8 Å². The van der Waals surface area contributed by atoms with Crippen LogP contribution in [0.15, 0.2) is 72.9 Å².